The molecule has 1 unspecified atom stereocenters. The molecule has 0 amide bonds. The number of benzene rings is 2. The van der Waals surface area contributed by atoms with Crippen molar-refractivity contribution in [2.75, 3.05) is 44.7 Å². The molecule has 2 N–H and O–H groups in total. The van der Waals surface area contributed by atoms with Crippen LogP contribution in [0, 0.1) is 29.9 Å². The van der Waals surface area contributed by atoms with E-state index in [1.165, 1.54) is 12.1 Å². The Labute approximate surface area is 318 Å². The number of morpholine rings is 1. The third-order valence-electron chi connectivity index (χ3n) is 10.8. The average molecular weight is 769 g/mol. The van der Waals surface area contributed by atoms with E-state index in [0.29, 0.717) is 83.0 Å². The largest absolute Gasteiger partial charge is 0.383 e. The molecule has 54 heavy (non-hydrogen) atoms. The normalized spacial score (nSPS) is 17.3. The zero-order valence-electron chi connectivity index (χ0n) is 31.4. The fourth-order valence-electron chi connectivity index (χ4n) is 7.82. The highest BCUT2D eigenvalue weighted by Crippen LogP contribution is 2.42. The molecule has 0 spiro atoms. The maximum absolute atomic E-state index is 15.3. The van der Waals surface area contributed by atoms with Crippen LogP contribution in [-0.4, -0.2) is 70.5 Å². The van der Waals surface area contributed by atoms with E-state index in [1.54, 1.807) is 16.7 Å². The SMILES string of the molecule is CCCC(=N)c1c(Cl)ccc(-n2c(C(Cc3cc(F)cc(F)c3)C(C)C)nc3nc(C4CCC(F)(F)CC4)cc(NCCN4CCOCC4)c3c2=O)c1C. The van der Waals surface area contributed by atoms with Gasteiger partial charge in [-0.15, -0.1) is 0 Å². The van der Waals surface area contributed by atoms with Gasteiger partial charge in [0.1, 0.15) is 22.8 Å². The summed E-state index contributed by atoms with van der Waals surface area (Å²) in [5, 5.41) is 13.0. The van der Waals surface area contributed by atoms with Gasteiger partial charge >= 0.3 is 0 Å². The first-order valence-corrected chi connectivity index (χ1v) is 19.4. The van der Waals surface area contributed by atoms with Crippen LogP contribution in [0.15, 0.2) is 41.2 Å². The first-order valence-electron chi connectivity index (χ1n) is 19.0. The minimum atomic E-state index is -2.73. The standard InChI is InChI=1S/C41H49ClF4N6O2/c1-5-6-32(47)36-25(4)35(8-7-31(36)42)52-39(30(24(2)3)21-26-19-28(43)22-29(44)20-26)50-38-37(40(52)53)34(48-13-14-51-15-17-54-18-16-51)23-33(49-38)27-9-11-41(45,46)12-10-27/h7-8,19-20,22-24,27,30,47H,5-6,9-18,21H2,1-4H3,(H,48,49). The molecule has 1 atom stereocenters. The summed E-state index contributed by atoms with van der Waals surface area (Å²) in [7, 11) is 0. The number of aromatic nitrogens is 3. The number of pyridine rings is 1. The van der Waals surface area contributed by atoms with E-state index in [2.05, 4.69) is 10.2 Å². The monoisotopic (exact) mass is 768 g/mol. The summed E-state index contributed by atoms with van der Waals surface area (Å²) in [6.45, 7) is 11.8. The van der Waals surface area contributed by atoms with Gasteiger partial charge in [-0.05, 0) is 80.0 Å². The number of rotatable bonds is 13. The molecule has 8 nitrogen and oxygen atoms in total. The third kappa shape index (κ3) is 8.81. The summed E-state index contributed by atoms with van der Waals surface area (Å²) in [6, 6.07) is 8.62. The van der Waals surface area contributed by atoms with Gasteiger partial charge < -0.3 is 15.5 Å². The van der Waals surface area contributed by atoms with Gasteiger partial charge in [0.2, 0.25) is 5.92 Å². The lowest BCUT2D eigenvalue weighted by Crippen LogP contribution is -2.39. The van der Waals surface area contributed by atoms with E-state index in [9.17, 15) is 17.6 Å². The van der Waals surface area contributed by atoms with Crippen molar-refractivity contribution in [1.82, 2.24) is 19.4 Å². The summed E-state index contributed by atoms with van der Waals surface area (Å²) in [4.78, 5) is 27.6. The first kappa shape index (κ1) is 39.8. The molecule has 2 aromatic carbocycles. The van der Waals surface area contributed by atoms with Gasteiger partial charge in [0.15, 0.2) is 5.65 Å². The van der Waals surface area contributed by atoms with Crippen molar-refractivity contribution in [1.29, 1.82) is 5.41 Å². The summed E-state index contributed by atoms with van der Waals surface area (Å²) < 4.78 is 64.6. The van der Waals surface area contributed by atoms with Crippen LogP contribution in [0.2, 0.25) is 5.02 Å². The Bertz CT molecular complexity index is 2040. The van der Waals surface area contributed by atoms with Crippen LogP contribution in [-0.2, 0) is 11.2 Å². The third-order valence-corrected chi connectivity index (χ3v) is 11.1. The Morgan fingerprint density at radius 2 is 1.76 bits per heavy atom. The number of nitrogens with zero attached hydrogens (tertiary/aromatic N) is 4. The van der Waals surface area contributed by atoms with E-state index in [4.69, 9.17) is 31.7 Å². The van der Waals surface area contributed by atoms with Gasteiger partial charge in [-0.3, -0.25) is 14.3 Å². The van der Waals surface area contributed by atoms with Gasteiger partial charge in [-0.25, -0.2) is 27.5 Å². The molecule has 1 saturated carbocycles. The van der Waals surface area contributed by atoms with Crippen molar-refractivity contribution in [2.45, 2.75) is 90.4 Å². The molecule has 290 valence electrons. The number of alkyl halides is 2. The van der Waals surface area contributed by atoms with E-state index < -0.39 is 29.0 Å². The Balaban J connectivity index is 1.58. The van der Waals surface area contributed by atoms with Gasteiger partial charge in [-0.2, -0.15) is 0 Å². The van der Waals surface area contributed by atoms with Gasteiger partial charge in [-0.1, -0.05) is 38.8 Å². The molecule has 4 aromatic rings. The summed E-state index contributed by atoms with van der Waals surface area (Å²) >= 11 is 6.71. The topological polar surface area (TPSA) is 96.1 Å². The van der Waals surface area contributed by atoms with Crippen molar-refractivity contribution in [3.05, 3.63) is 91.6 Å². The quantitative estimate of drug-likeness (QED) is 0.104. The Morgan fingerprint density at radius 3 is 2.41 bits per heavy atom. The lowest BCUT2D eigenvalue weighted by Gasteiger charge is -2.29. The lowest BCUT2D eigenvalue weighted by atomic mass is 9.84. The number of fused-ring (bicyclic) bond motifs is 1. The number of hydrogen-bond donors (Lipinski definition) is 2. The van der Waals surface area contributed by atoms with Crippen LogP contribution in [0.4, 0.5) is 23.2 Å². The van der Waals surface area contributed by atoms with Crippen molar-refractivity contribution in [3.63, 3.8) is 0 Å². The molecule has 1 saturated heterocycles. The molecule has 1 aliphatic carbocycles. The molecule has 0 bridgehead atoms. The summed E-state index contributed by atoms with van der Waals surface area (Å²) in [5.74, 6) is -4.73. The molecule has 6 rings (SSSR count). The predicted octanol–water partition coefficient (Wildman–Crippen LogP) is 9.21. The number of ether oxygens (including phenoxy) is 1. The zero-order valence-corrected chi connectivity index (χ0v) is 32.1. The van der Waals surface area contributed by atoms with Crippen molar-refractivity contribution in [3.8, 4) is 5.69 Å². The minimum Gasteiger partial charge on any atom is -0.383 e. The molecule has 13 heteroatoms. The van der Waals surface area contributed by atoms with E-state index in [1.807, 2.05) is 33.8 Å². The van der Waals surface area contributed by atoms with Crippen LogP contribution >= 0.6 is 11.6 Å². The Morgan fingerprint density at radius 1 is 1.07 bits per heavy atom. The van der Waals surface area contributed by atoms with Gasteiger partial charge in [0, 0.05) is 73.9 Å². The molecule has 0 radical (unpaired) electrons. The number of nitrogens with one attached hydrogen (secondary N) is 2. The summed E-state index contributed by atoms with van der Waals surface area (Å²) in [6.07, 6.45) is 1.38. The molecule has 1 aliphatic heterocycles. The smallest absolute Gasteiger partial charge is 0.269 e. The Kier molecular flexibility index (Phi) is 12.4. The highest BCUT2D eigenvalue weighted by atomic mass is 35.5. The van der Waals surface area contributed by atoms with Crippen LogP contribution in [0.1, 0.15) is 99.3 Å². The van der Waals surface area contributed by atoms with Crippen molar-refractivity contribution < 1.29 is 22.3 Å². The van der Waals surface area contributed by atoms with E-state index in [-0.39, 0.29) is 55.0 Å². The fourth-order valence-corrected chi connectivity index (χ4v) is 8.14. The van der Waals surface area contributed by atoms with Crippen LogP contribution in [0.25, 0.3) is 16.7 Å². The fraction of sp³-hybridized carbons (Fsp3) is 0.512. The Hall–Kier alpha value is -3.87. The predicted molar refractivity (Wildman–Crippen MR) is 206 cm³/mol. The molecular weight excluding hydrogens is 720 g/mol. The van der Waals surface area contributed by atoms with Gasteiger partial charge in [0.25, 0.3) is 5.56 Å². The second kappa shape index (κ2) is 16.9. The van der Waals surface area contributed by atoms with E-state index in [0.717, 1.165) is 25.6 Å². The van der Waals surface area contributed by atoms with E-state index >= 15 is 4.79 Å². The summed E-state index contributed by atoms with van der Waals surface area (Å²) in [5.41, 5.74) is 3.26. The van der Waals surface area contributed by atoms with Gasteiger partial charge in [0.05, 0.1) is 29.6 Å². The second-order valence-electron chi connectivity index (χ2n) is 15.0. The van der Waals surface area contributed by atoms with Crippen LogP contribution < -0.4 is 10.9 Å². The first-order chi connectivity index (χ1) is 25.8. The molecular formula is C41H49ClF4N6O2. The zero-order chi connectivity index (χ0) is 38.7. The number of hydrogen-bond acceptors (Lipinski definition) is 7. The maximum Gasteiger partial charge on any atom is 0.269 e. The lowest BCUT2D eigenvalue weighted by molar-refractivity contribution is -0.0384. The van der Waals surface area contributed by atoms with Crippen LogP contribution in [0.3, 0.4) is 0 Å². The maximum atomic E-state index is 15.3. The molecule has 2 aromatic heterocycles. The number of anilines is 1. The number of halogens is 5. The molecule has 2 fully saturated rings. The van der Waals surface area contributed by atoms with Crippen molar-refractivity contribution in [2.24, 2.45) is 5.92 Å². The molecule has 3 heterocycles. The highest BCUT2D eigenvalue weighted by Gasteiger charge is 2.36. The minimum absolute atomic E-state index is 0.160. The van der Waals surface area contributed by atoms with Crippen molar-refractivity contribution >= 4 is 34.0 Å². The van der Waals surface area contributed by atoms with Crippen LogP contribution in [0.5, 0.6) is 0 Å². The second-order valence-corrected chi connectivity index (χ2v) is 15.4. The highest BCUT2D eigenvalue weighted by molar-refractivity contribution is 6.34. The molecule has 2 aliphatic rings. The average Bonchev–Trinajstić information content (AvgIpc) is 3.11.